The Morgan fingerprint density at radius 1 is 1.35 bits per heavy atom. The van der Waals surface area contributed by atoms with Crippen LogP contribution >= 0.6 is 11.6 Å². The van der Waals surface area contributed by atoms with E-state index in [0.29, 0.717) is 5.02 Å². The van der Waals surface area contributed by atoms with Gasteiger partial charge in [-0.15, -0.1) is 0 Å². The SMILES string of the molecule is Cc1c(Cl)cccc1NCC(=O)NC(C)c1ccco1. The maximum Gasteiger partial charge on any atom is 0.239 e. The monoisotopic (exact) mass is 292 g/mol. The number of hydrogen-bond acceptors (Lipinski definition) is 3. The minimum Gasteiger partial charge on any atom is -0.467 e. The van der Waals surface area contributed by atoms with Gasteiger partial charge >= 0.3 is 0 Å². The highest BCUT2D eigenvalue weighted by atomic mass is 35.5. The van der Waals surface area contributed by atoms with Crippen LogP contribution in [0.25, 0.3) is 0 Å². The summed E-state index contributed by atoms with van der Waals surface area (Å²) in [6, 6.07) is 9.04. The maximum absolute atomic E-state index is 11.9. The Labute approximate surface area is 123 Å². The second-order valence-corrected chi connectivity index (χ2v) is 4.98. The average molecular weight is 293 g/mol. The van der Waals surface area contributed by atoms with Crippen molar-refractivity contribution in [3.05, 3.63) is 52.9 Å². The summed E-state index contributed by atoms with van der Waals surface area (Å²) >= 11 is 6.03. The lowest BCUT2D eigenvalue weighted by Gasteiger charge is -2.13. The van der Waals surface area contributed by atoms with Gasteiger partial charge in [-0.2, -0.15) is 0 Å². The highest BCUT2D eigenvalue weighted by molar-refractivity contribution is 6.31. The smallest absolute Gasteiger partial charge is 0.239 e. The topological polar surface area (TPSA) is 54.3 Å². The molecular formula is C15H17ClN2O2. The largest absolute Gasteiger partial charge is 0.467 e. The zero-order valence-corrected chi connectivity index (χ0v) is 12.2. The number of amides is 1. The fraction of sp³-hybridized carbons (Fsp3) is 0.267. The molecule has 1 aromatic carbocycles. The molecule has 106 valence electrons. The molecule has 5 heteroatoms. The summed E-state index contributed by atoms with van der Waals surface area (Å²) in [6.07, 6.45) is 1.59. The first-order valence-corrected chi connectivity index (χ1v) is 6.77. The van der Waals surface area contributed by atoms with Crippen LogP contribution in [0.3, 0.4) is 0 Å². The normalized spacial score (nSPS) is 11.9. The Kier molecular flexibility index (Phi) is 4.69. The standard InChI is InChI=1S/C15H17ClN2O2/c1-10-12(16)5-3-6-13(10)17-9-15(19)18-11(2)14-7-4-8-20-14/h3-8,11,17H,9H2,1-2H3,(H,18,19). The van der Waals surface area contributed by atoms with E-state index < -0.39 is 0 Å². The number of carbonyl (C=O) groups is 1. The van der Waals surface area contributed by atoms with E-state index in [0.717, 1.165) is 17.0 Å². The van der Waals surface area contributed by atoms with Gasteiger partial charge in [-0.25, -0.2) is 0 Å². The van der Waals surface area contributed by atoms with Gasteiger partial charge in [0.05, 0.1) is 18.8 Å². The summed E-state index contributed by atoms with van der Waals surface area (Å²) in [4.78, 5) is 11.9. The minimum atomic E-state index is -0.153. The van der Waals surface area contributed by atoms with Gasteiger partial charge < -0.3 is 15.1 Å². The van der Waals surface area contributed by atoms with Crippen LogP contribution in [0.4, 0.5) is 5.69 Å². The first-order valence-electron chi connectivity index (χ1n) is 6.39. The molecule has 0 aliphatic heterocycles. The molecule has 0 saturated heterocycles. The molecule has 0 saturated carbocycles. The molecule has 0 aliphatic carbocycles. The van der Waals surface area contributed by atoms with E-state index >= 15 is 0 Å². The van der Waals surface area contributed by atoms with Crippen molar-refractivity contribution in [2.75, 3.05) is 11.9 Å². The molecule has 1 aromatic heterocycles. The van der Waals surface area contributed by atoms with Gasteiger partial charge in [0.15, 0.2) is 0 Å². The van der Waals surface area contributed by atoms with Crippen molar-refractivity contribution in [1.82, 2.24) is 5.32 Å². The second kappa shape index (κ2) is 6.48. The molecule has 2 aromatic rings. The lowest BCUT2D eigenvalue weighted by Crippen LogP contribution is -2.32. The molecule has 0 radical (unpaired) electrons. The number of benzene rings is 1. The third-order valence-corrected chi connectivity index (χ3v) is 3.46. The van der Waals surface area contributed by atoms with E-state index in [2.05, 4.69) is 10.6 Å². The molecule has 1 unspecified atom stereocenters. The predicted octanol–water partition coefficient (Wildman–Crippen LogP) is 3.53. The number of anilines is 1. The molecule has 0 fully saturated rings. The number of halogens is 1. The molecule has 0 aliphatic rings. The van der Waals surface area contributed by atoms with E-state index in [-0.39, 0.29) is 18.5 Å². The van der Waals surface area contributed by atoms with Crippen molar-refractivity contribution < 1.29 is 9.21 Å². The minimum absolute atomic E-state index is 0.103. The highest BCUT2D eigenvalue weighted by Gasteiger charge is 2.11. The Balaban J connectivity index is 1.88. The number of nitrogens with one attached hydrogen (secondary N) is 2. The van der Waals surface area contributed by atoms with Crippen LogP contribution in [0.15, 0.2) is 41.0 Å². The second-order valence-electron chi connectivity index (χ2n) is 4.57. The fourth-order valence-electron chi connectivity index (χ4n) is 1.88. The average Bonchev–Trinajstić information content (AvgIpc) is 2.94. The van der Waals surface area contributed by atoms with E-state index in [4.69, 9.17) is 16.0 Å². The maximum atomic E-state index is 11.9. The van der Waals surface area contributed by atoms with Crippen molar-refractivity contribution in [1.29, 1.82) is 0 Å². The summed E-state index contributed by atoms with van der Waals surface area (Å²) in [6.45, 7) is 3.97. The first-order chi connectivity index (χ1) is 9.58. The summed E-state index contributed by atoms with van der Waals surface area (Å²) in [5.74, 6) is 0.630. The number of hydrogen-bond donors (Lipinski definition) is 2. The van der Waals surface area contributed by atoms with Crippen molar-refractivity contribution in [2.45, 2.75) is 19.9 Å². The zero-order chi connectivity index (χ0) is 14.5. The van der Waals surface area contributed by atoms with Crippen LogP contribution in [0.1, 0.15) is 24.3 Å². The van der Waals surface area contributed by atoms with Crippen LogP contribution in [0.2, 0.25) is 5.02 Å². The number of carbonyl (C=O) groups excluding carboxylic acids is 1. The van der Waals surface area contributed by atoms with Gasteiger partial charge in [-0.05, 0) is 43.7 Å². The lowest BCUT2D eigenvalue weighted by atomic mass is 10.2. The highest BCUT2D eigenvalue weighted by Crippen LogP contribution is 2.22. The van der Waals surface area contributed by atoms with Crippen LogP contribution in [-0.2, 0) is 4.79 Å². The van der Waals surface area contributed by atoms with Gasteiger partial charge in [0.25, 0.3) is 0 Å². The van der Waals surface area contributed by atoms with E-state index in [1.54, 1.807) is 12.3 Å². The molecule has 20 heavy (non-hydrogen) atoms. The number of rotatable bonds is 5. The Morgan fingerprint density at radius 3 is 2.85 bits per heavy atom. The Bertz CT molecular complexity index is 582. The lowest BCUT2D eigenvalue weighted by molar-refractivity contribution is -0.120. The van der Waals surface area contributed by atoms with Crippen molar-refractivity contribution >= 4 is 23.2 Å². The van der Waals surface area contributed by atoms with Crippen LogP contribution in [0, 0.1) is 6.92 Å². The van der Waals surface area contributed by atoms with Gasteiger partial charge in [0.2, 0.25) is 5.91 Å². The molecule has 0 bridgehead atoms. The Hall–Kier alpha value is -1.94. The third-order valence-electron chi connectivity index (χ3n) is 3.05. The van der Waals surface area contributed by atoms with Gasteiger partial charge in [-0.3, -0.25) is 4.79 Å². The van der Waals surface area contributed by atoms with Crippen molar-refractivity contribution in [2.24, 2.45) is 0 Å². The predicted molar refractivity (Wildman–Crippen MR) is 79.9 cm³/mol. The number of furan rings is 1. The molecule has 2 N–H and O–H groups in total. The van der Waals surface area contributed by atoms with Gasteiger partial charge in [0.1, 0.15) is 5.76 Å². The first kappa shape index (κ1) is 14.5. The molecule has 1 amide bonds. The third kappa shape index (κ3) is 3.54. The molecule has 1 heterocycles. The summed E-state index contributed by atoms with van der Waals surface area (Å²) < 4.78 is 5.24. The molecule has 0 spiro atoms. The van der Waals surface area contributed by atoms with Crippen LogP contribution < -0.4 is 10.6 Å². The quantitative estimate of drug-likeness (QED) is 0.886. The van der Waals surface area contributed by atoms with Gasteiger partial charge in [0, 0.05) is 10.7 Å². The van der Waals surface area contributed by atoms with Crippen LogP contribution in [0.5, 0.6) is 0 Å². The molecule has 4 nitrogen and oxygen atoms in total. The molecular weight excluding hydrogens is 276 g/mol. The van der Waals surface area contributed by atoms with E-state index in [1.807, 2.05) is 38.1 Å². The van der Waals surface area contributed by atoms with Crippen molar-refractivity contribution in [3.63, 3.8) is 0 Å². The molecule has 2 rings (SSSR count). The van der Waals surface area contributed by atoms with Gasteiger partial charge in [-0.1, -0.05) is 17.7 Å². The van der Waals surface area contributed by atoms with Crippen LogP contribution in [-0.4, -0.2) is 12.5 Å². The summed E-state index contributed by atoms with van der Waals surface area (Å²) in [7, 11) is 0. The van der Waals surface area contributed by atoms with E-state index in [9.17, 15) is 4.79 Å². The van der Waals surface area contributed by atoms with Crippen molar-refractivity contribution in [3.8, 4) is 0 Å². The summed E-state index contributed by atoms with van der Waals surface area (Å²) in [5.41, 5.74) is 1.79. The van der Waals surface area contributed by atoms with E-state index in [1.165, 1.54) is 0 Å². The fourth-order valence-corrected chi connectivity index (χ4v) is 2.05. The summed E-state index contributed by atoms with van der Waals surface area (Å²) in [5, 5.41) is 6.62. The molecule has 1 atom stereocenters. The zero-order valence-electron chi connectivity index (χ0n) is 11.4. The Morgan fingerprint density at radius 2 is 2.15 bits per heavy atom.